The van der Waals surface area contributed by atoms with Crippen LogP contribution in [0.2, 0.25) is 0 Å². The van der Waals surface area contributed by atoms with Gasteiger partial charge in [-0.25, -0.2) is 0 Å². The summed E-state index contributed by atoms with van der Waals surface area (Å²) < 4.78 is 4.98. The molecule has 1 heterocycles. The van der Waals surface area contributed by atoms with Crippen molar-refractivity contribution < 1.29 is 24.9 Å². The van der Waals surface area contributed by atoms with Crippen LogP contribution in [0.4, 0.5) is 0 Å². The molecule has 0 saturated carbocycles. The van der Waals surface area contributed by atoms with Crippen LogP contribution in [-0.4, -0.2) is 58.9 Å². The van der Waals surface area contributed by atoms with E-state index < -0.39 is 37.2 Å². The molecule has 0 aliphatic carbocycles. The van der Waals surface area contributed by atoms with Crippen LogP contribution in [0, 0.1) is 0 Å². The summed E-state index contributed by atoms with van der Waals surface area (Å²) in [6.07, 6.45) is -4.03. The topological polar surface area (TPSA) is 125 Å². The van der Waals surface area contributed by atoms with E-state index in [0.29, 0.717) is 6.41 Å². The first-order valence-electron chi connectivity index (χ1n) is 4.19. The molecule has 5 atom stereocenters. The molecule has 7 heteroatoms. The molecule has 82 valence electrons. The van der Waals surface area contributed by atoms with E-state index in [1.807, 2.05) is 0 Å². The lowest BCUT2D eigenvalue weighted by Crippen LogP contribution is -2.65. The van der Waals surface area contributed by atoms with Crippen molar-refractivity contribution in [2.75, 3.05) is 6.61 Å². The number of aliphatic hydroxyl groups excluding tert-OH is 3. The Labute approximate surface area is 80.5 Å². The third-order valence-electron chi connectivity index (χ3n) is 2.23. The van der Waals surface area contributed by atoms with Crippen molar-refractivity contribution in [1.29, 1.82) is 0 Å². The van der Waals surface area contributed by atoms with Crippen LogP contribution < -0.4 is 11.1 Å². The Morgan fingerprint density at radius 3 is 2.57 bits per heavy atom. The molecule has 0 spiro atoms. The van der Waals surface area contributed by atoms with Crippen molar-refractivity contribution in [3.8, 4) is 0 Å². The molecule has 14 heavy (non-hydrogen) atoms. The maximum atomic E-state index is 10.2. The molecular formula is C7H14N2O5. The van der Waals surface area contributed by atoms with E-state index in [0.717, 1.165) is 0 Å². The van der Waals surface area contributed by atoms with Gasteiger partial charge in [0.25, 0.3) is 0 Å². The van der Waals surface area contributed by atoms with Crippen molar-refractivity contribution in [1.82, 2.24) is 5.32 Å². The number of nitrogens with two attached hydrogens (primary N) is 1. The maximum Gasteiger partial charge on any atom is 0.207 e. The summed E-state index contributed by atoms with van der Waals surface area (Å²) in [6.45, 7) is -0.445. The molecule has 6 N–H and O–H groups in total. The number of carbonyl (C=O) groups excluding carboxylic acids is 1. The second-order valence-corrected chi connectivity index (χ2v) is 3.11. The van der Waals surface area contributed by atoms with Crippen molar-refractivity contribution in [2.45, 2.75) is 30.6 Å². The van der Waals surface area contributed by atoms with Crippen molar-refractivity contribution in [2.24, 2.45) is 5.73 Å². The van der Waals surface area contributed by atoms with E-state index in [2.05, 4.69) is 5.32 Å². The highest BCUT2D eigenvalue weighted by Gasteiger charge is 2.42. The minimum absolute atomic E-state index is 0.364. The Morgan fingerprint density at radius 1 is 1.43 bits per heavy atom. The van der Waals surface area contributed by atoms with Crippen LogP contribution in [0.15, 0.2) is 0 Å². The molecule has 1 amide bonds. The molecule has 0 unspecified atom stereocenters. The molecule has 0 aromatic carbocycles. The number of hydrogen-bond donors (Lipinski definition) is 5. The number of nitrogens with one attached hydrogen (secondary N) is 1. The molecule has 1 saturated heterocycles. The van der Waals surface area contributed by atoms with Gasteiger partial charge in [-0.2, -0.15) is 0 Å². The van der Waals surface area contributed by atoms with E-state index in [9.17, 15) is 15.0 Å². The number of amides is 1. The van der Waals surface area contributed by atoms with Crippen LogP contribution >= 0.6 is 0 Å². The van der Waals surface area contributed by atoms with Gasteiger partial charge in [0.15, 0.2) is 0 Å². The fraction of sp³-hybridized carbons (Fsp3) is 0.857. The molecule has 1 rings (SSSR count). The smallest absolute Gasteiger partial charge is 0.207 e. The molecule has 0 bridgehead atoms. The number of ether oxygens (including phenoxy) is 1. The van der Waals surface area contributed by atoms with Gasteiger partial charge in [0.1, 0.15) is 24.5 Å². The molecule has 0 aromatic rings. The lowest BCUT2D eigenvalue weighted by atomic mass is 9.96. The van der Waals surface area contributed by atoms with E-state index in [4.69, 9.17) is 15.6 Å². The lowest BCUT2D eigenvalue weighted by molar-refractivity contribution is -0.192. The number of aliphatic hydroxyl groups is 3. The van der Waals surface area contributed by atoms with Gasteiger partial charge < -0.3 is 31.1 Å². The maximum absolute atomic E-state index is 10.2. The van der Waals surface area contributed by atoms with Gasteiger partial charge in [-0.15, -0.1) is 0 Å². The third-order valence-corrected chi connectivity index (χ3v) is 2.23. The van der Waals surface area contributed by atoms with Crippen molar-refractivity contribution in [3.05, 3.63) is 0 Å². The molecule has 1 fully saturated rings. The third kappa shape index (κ3) is 2.02. The average Bonchev–Trinajstić information content (AvgIpc) is 2.18. The highest BCUT2D eigenvalue weighted by molar-refractivity contribution is 5.47. The summed E-state index contributed by atoms with van der Waals surface area (Å²) in [4.78, 5) is 10.2. The zero-order chi connectivity index (χ0) is 10.7. The van der Waals surface area contributed by atoms with Gasteiger partial charge in [0.05, 0.1) is 12.6 Å². The standard InChI is InChI=1S/C7H14N2O5/c8-7-4(9-2-11)6(13)5(12)3(1-10)14-7/h2-7,10,12-13H,1,8H2,(H,9,11)/t3-,4-,5-,6-,7-/m1/s1. The minimum atomic E-state index is -1.27. The Balaban J connectivity index is 2.68. The summed E-state index contributed by atoms with van der Waals surface area (Å²) in [5, 5.41) is 29.9. The van der Waals surface area contributed by atoms with Crippen LogP contribution in [0.3, 0.4) is 0 Å². The molecule has 1 aliphatic heterocycles. The zero-order valence-corrected chi connectivity index (χ0v) is 7.41. The van der Waals surface area contributed by atoms with Crippen LogP contribution in [0.5, 0.6) is 0 Å². The first-order chi connectivity index (χ1) is 6.61. The minimum Gasteiger partial charge on any atom is -0.394 e. The summed E-state index contributed by atoms with van der Waals surface area (Å²) in [6, 6.07) is -0.870. The van der Waals surface area contributed by atoms with Gasteiger partial charge in [-0.1, -0.05) is 0 Å². The summed E-state index contributed by atoms with van der Waals surface area (Å²) in [5.74, 6) is 0. The van der Waals surface area contributed by atoms with Gasteiger partial charge in [-0.05, 0) is 0 Å². The van der Waals surface area contributed by atoms with Crippen molar-refractivity contribution in [3.63, 3.8) is 0 Å². The summed E-state index contributed by atoms with van der Waals surface area (Å²) in [5.41, 5.74) is 5.46. The van der Waals surface area contributed by atoms with Gasteiger partial charge in [0, 0.05) is 0 Å². The molecule has 1 aliphatic rings. The fourth-order valence-electron chi connectivity index (χ4n) is 1.42. The van der Waals surface area contributed by atoms with Crippen LogP contribution in [0.25, 0.3) is 0 Å². The Hall–Kier alpha value is -0.730. The molecule has 7 nitrogen and oxygen atoms in total. The fourth-order valence-corrected chi connectivity index (χ4v) is 1.42. The first-order valence-corrected chi connectivity index (χ1v) is 4.19. The number of hydrogen-bond acceptors (Lipinski definition) is 6. The van der Waals surface area contributed by atoms with Crippen LogP contribution in [0.1, 0.15) is 0 Å². The van der Waals surface area contributed by atoms with Crippen LogP contribution in [-0.2, 0) is 9.53 Å². The zero-order valence-electron chi connectivity index (χ0n) is 7.41. The monoisotopic (exact) mass is 206 g/mol. The molecule has 0 radical (unpaired) electrons. The largest absolute Gasteiger partial charge is 0.394 e. The summed E-state index contributed by atoms with van der Waals surface area (Å²) >= 11 is 0. The van der Waals surface area contributed by atoms with Gasteiger partial charge in [-0.3, -0.25) is 4.79 Å². The second kappa shape index (κ2) is 4.67. The second-order valence-electron chi connectivity index (χ2n) is 3.11. The molecule has 0 aromatic heterocycles. The van der Waals surface area contributed by atoms with E-state index in [-0.39, 0.29) is 0 Å². The highest BCUT2D eigenvalue weighted by atomic mass is 16.5. The number of rotatable bonds is 3. The van der Waals surface area contributed by atoms with Gasteiger partial charge >= 0.3 is 0 Å². The predicted molar refractivity (Wildman–Crippen MR) is 44.9 cm³/mol. The first kappa shape index (κ1) is 11.3. The Morgan fingerprint density at radius 2 is 2.07 bits per heavy atom. The Bertz CT molecular complexity index is 203. The predicted octanol–water partition coefficient (Wildman–Crippen LogP) is -3.50. The highest BCUT2D eigenvalue weighted by Crippen LogP contribution is 2.17. The SMILES string of the molecule is N[C@@H]1O[C@H](CO)[C@@H](O)[C@H](O)[C@H]1NC=O. The Kier molecular flexibility index (Phi) is 3.78. The lowest BCUT2D eigenvalue weighted by Gasteiger charge is -2.40. The number of carbonyl (C=O) groups is 1. The van der Waals surface area contributed by atoms with E-state index in [1.54, 1.807) is 0 Å². The summed E-state index contributed by atoms with van der Waals surface area (Å²) in [7, 11) is 0. The average molecular weight is 206 g/mol. The quantitative estimate of drug-likeness (QED) is 0.305. The molecular weight excluding hydrogens is 192 g/mol. The van der Waals surface area contributed by atoms with E-state index in [1.165, 1.54) is 0 Å². The van der Waals surface area contributed by atoms with Crippen molar-refractivity contribution >= 4 is 6.41 Å². The normalized spacial score (nSPS) is 43.3. The van der Waals surface area contributed by atoms with E-state index >= 15 is 0 Å². The van der Waals surface area contributed by atoms with Gasteiger partial charge in [0.2, 0.25) is 6.41 Å².